The Balaban J connectivity index is 2.33. The average molecular weight is 167 g/mol. The molecule has 1 rings (SSSR count). The van der Waals surface area contributed by atoms with E-state index in [-0.39, 0.29) is 0 Å². The Bertz CT molecular complexity index is 147. The zero-order valence-corrected chi connectivity index (χ0v) is 8.64. The Kier molecular flexibility index (Phi) is 3.19. The van der Waals surface area contributed by atoms with Crippen molar-refractivity contribution in [3.63, 3.8) is 0 Å². The highest BCUT2D eigenvalue weighted by atomic mass is 15.1. The van der Waals surface area contributed by atoms with Crippen LogP contribution < -0.4 is 0 Å². The van der Waals surface area contributed by atoms with Gasteiger partial charge in [-0.1, -0.05) is 26.8 Å². The maximum Gasteiger partial charge on any atom is 0.0172 e. The van der Waals surface area contributed by atoms with Crippen LogP contribution in [0.4, 0.5) is 0 Å². The number of rotatable bonds is 1. The van der Waals surface area contributed by atoms with Crippen molar-refractivity contribution in [2.75, 3.05) is 13.1 Å². The summed E-state index contributed by atoms with van der Waals surface area (Å²) in [5.74, 6) is 0. The monoisotopic (exact) mass is 167 g/mol. The van der Waals surface area contributed by atoms with Gasteiger partial charge in [0.05, 0.1) is 0 Å². The van der Waals surface area contributed by atoms with Crippen LogP contribution in [0.25, 0.3) is 0 Å². The SMILES string of the molecule is CC(C)(C)/C=C/N1CCCCC1. The third kappa shape index (κ3) is 3.80. The third-order valence-corrected chi connectivity index (χ3v) is 2.18. The molecule has 0 aromatic rings. The maximum atomic E-state index is 2.44. The molecule has 1 heterocycles. The molecule has 1 heteroatoms. The van der Waals surface area contributed by atoms with Crippen molar-refractivity contribution in [2.45, 2.75) is 40.0 Å². The highest BCUT2D eigenvalue weighted by Crippen LogP contribution is 2.16. The van der Waals surface area contributed by atoms with Gasteiger partial charge in [-0.25, -0.2) is 0 Å². The van der Waals surface area contributed by atoms with E-state index in [9.17, 15) is 0 Å². The largest absolute Gasteiger partial charge is 0.378 e. The van der Waals surface area contributed by atoms with Crippen LogP contribution in [0, 0.1) is 5.41 Å². The Morgan fingerprint density at radius 3 is 2.08 bits per heavy atom. The van der Waals surface area contributed by atoms with Gasteiger partial charge in [0.25, 0.3) is 0 Å². The van der Waals surface area contributed by atoms with Gasteiger partial charge in [0, 0.05) is 13.1 Å². The molecule has 0 radical (unpaired) electrons. The summed E-state index contributed by atoms with van der Waals surface area (Å²) in [6.07, 6.45) is 8.74. The van der Waals surface area contributed by atoms with E-state index in [1.807, 2.05) is 0 Å². The molecule has 1 aliphatic heterocycles. The molecule has 0 amide bonds. The zero-order chi connectivity index (χ0) is 9.03. The predicted octanol–water partition coefficient (Wildman–Crippen LogP) is 3.03. The normalized spacial score (nSPS) is 20.4. The van der Waals surface area contributed by atoms with Crippen molar-refractivity contribution in [2.24, 2.45) is 5.41 Å². The zero-order valence-electron chi connectivity index (χ0n) is 8.64. The van der Waals surface area contributed by atoms with Crippen molar-refractivity contribution >= 4 is 0 Å². The van der Waals surface area contributed by atoms with Gasteiger partial charge in [-0.15, -0.1) is 0 Å². The molecule has 0 atom stereocenters. The lowest BCUT2D eigenvalue weighted by atomic mass is 9.97. The van der Waals surface area contributed by atoms with E-state index in [2.05, 4.69) is 37.9 Å². The lowest BCUT2D eigenvalue weighted by molar-refractivity contribution is 0.305. The van der Waals surface area contributed by atoms with E-state index in [1.165, 1.54) is 32.4 Å². The molecule has 0 saturated carbocycles. The first-order chi connectivity index (χ1) is 5.58. The number of hydrogen-bond acceptors (Lipinski definition) is 1. The summed E-state index contributed by atoms with van der Waals surface area (Å²) >= 11 is 0. The molecule has 0 unspecified atom stereocenters. The van der Waals surface area contributed by atoms with Gasteiger partial charge >= 0.3 is 0 Å². The van der Waals surface area contributed by atoms with Gasteiger partial charge < -0.3 is 4.90 Å². The van der Waals surface area contributed by atoms with Crippen LogP contribution in [-0.4, -0.2) is 18.0 Å². The maximum absolute atomic E-state index is 2.44. The molecule has 0 spiro atoms. The van der Waals surface area contributed by atoms with Crippen molar-refractivity contribution < 1.29 is 0 Å². The molecule has 0 bridgehead atoms. The summed E-state index contributed by atoms with van der Waals surface area (Å²) < 4.78 is 0. The molecule has 1 saturated heterocycles. The highest BCUT2D eigenvalue weighted by molar-refractivity contribution is 4.92. The van der Waals surface area contributed by atoms with Crippen LogP contribution in [-0.2, 0) is 0 Å². The predicted molar refractivity (Wildman–Crippen MR) is 54.0 cm³/mol. The van der Waals surface area contributed by atoms with E-state index in [4.69, 9.17) is 0 Å². The summed E-state index contributed by atoms with van der Waals surface area (Å²) in [6.45, 7) is 9.24. The number of nitrogens with zero attached hydrogens (tertiary/aromatic N) is 1. The summed E-state index contributed by atoms with van der Waals surface area (Å²) in [5, 5.41) is 0. The van der Waals surface area contributed by atoms with Crippen LogP contribution in [0.15, 0.2) is 12.3 Å². The fourth-order valence-electron chi connectivity index (χ4n) is 1.40. The van der Waals surface area contributed by atoms with E-state index >= 15 is 0 Å². The molecular weight excluding hydrogens is 146 g/mol. The van der Waals surface area contributed by atoms with Crippen molar-refractivity contribution in [1.29, 1.82) is 0 Å². The summed E-state index contributed by atoms with van der Waals surface area (Å²) in [4.78, 5) is 2.44. The second kappa shape index (κ2) is 3.97. The van der Waals surface area contributed by atoms with Crippen molar-refractivity contribution in [1.82, 2.24) is 4.90 Å². The first kappa shape index (κ1) is 9.63. The minimum absolute atomic E-state index is 0.331. The van der Waals surface area contributed by atoms with Crippen molar-refractivity contribution in [3.8, 4) is 0 Å². The molecule has 0 aromatic heterocycles. The van der Waals surface area contributed by atoms with Crippen LogP contribution in [0.1, 0.15) is 40.0 Å². The Morgan fingerprint density at radius 1 is 1.00 bits per heavy atom. The topological polar surface area (TPSA) is 3.24 Å². The van der Waals surface area contributed by atoms with Crippen LogP contribution in [0.3, 0.4) is 0 Å². The third-order valence-electron chi connectivity index (χ3n) is 2.18. The minimum atomic E-state index is 0.331. The molecule has 0 N–H and O–H groups in total. The van der Waals surface area contributed by atoms with Crippen LogP contribution in [0.5, 0.6) is 0 Å². The minimum Gasteiger partial charge on any atom is -0.378 e. The lowest BCUT2D eigenvalue weighted by Crippen LogP contribution is -2.24. The molecular formula is C11H21N. The molecule has 0 aromatic carbocycles. The van der Waals surface area contributed by atoms with Gasteiger partial charge in [-0.2, -0.15) is 0 Å². The molecule has 1 nitrogen and oxygen atoms in total. The number of likely N-dealkylation sites (tertiary alicyclic amines) is 1. The van der Waals surface area contributed by atoms with Gasteiger partial charge in [-0.3, -0.25) is 0 Å². The number of hydrogen-bond donors (Lipinski definition) is 0. The van der Waals surface area contributed by atoms with E-state index in [0.29, 0.717) is 5.41 Å². The Morgan fingerprint density at radius 2 is 1.58 bits per heavy atom. The van der Waals surface area contributed by atoms with Gasteiger partial charge in [-0.05, 0) is 30.9 Å². The smallest absolute Gasteiger partial charge is 0.0172 e. The Hall–Kier alpha value is -0.460. The van der Waals surface area contributed by atoms with Gasteiger partial charge in [0.2, 0.25) is 0 Å². The second-order valence-corrected chi connectivity index (χ2v) is 4.78. The molecule has 1 fully saturated rings. The van der Waals surface area contributed by atoms with Gasteiger partial charge in [0.1, 0.15) is 0 Å². The highest BCUT2D eigenvalue weighted by Gasteiger charge is 2.08. The number of piperidine rings is 1. The Labute approximate surface area is 76.5 Å². The van der Waals surface area contributed by atoms with E-state index in [1.54, 1.807) is 0 Å². The fourth-order valence-corrected chi connectivity index (χ4v) is 1.40. The average Bonchev–Trinajstić information content (AvgIpc) is 2.02. The van der Waals surface area contributed by atoms with E-state index < -0.39 is 0 Å². The quantitative estimate of drug-likeness (QED) is 0.580. The van der Waals surface area contributed by atoms with Crippen LogP contribution in [0.2, 0.25) is 0 Å². The number of allylic oxidation sites excluding steroid dienone is 1. The summed E-state index contributed by atoms with van der Waals surface area (Å²) in [7, 11) is 0. The fraction of sp³-hybridized carbons (Fsp3) is 0.818. The molecule has 70 valence electrons. The summed E-state index contributed by atoms with van der Waals surface area (Å²) in [5.41, 5.74) is 0.331. The van der Waals surface area contributed by atoms with Crippen LogP contribution >= 0.6 is 0 Å². The first-order valence-corrected chi connectivity index (χ1v) is 5.01. The summed E-state index contributed by atoms with van der Waals surface area (Å²) in [6, 6.07) is 0. The lowest BCUT2D eigenvalue weighted by Gasteiger charge is -2.26. The standard InChI is InChI=1S/C11H21N/c1-11(2,3)7-10-12-8-5-4-6-9-12/h7,10H,4-6,8-9H2,1-3H3/b10-7+. The molecule has 12 heavy (non-hydrogen) atoms. The van der Waals surface area contributed by atoms with E-state index in [0.717, 1.165) is 0 Å². The first-order valence-electron chi connectivity index (χ1n) is 5.01. The molecule has 1 aliphatic rings. The molecule has 0 aliphatic carbocycles. The van der Waals surface area contributed by atoms with Gasteiger partial charge in [0.15, 0.2) is 0 Å². The second-order valence-electron chi connectivity index (χ2n) is 4.78. The van der Waals surface area contributed by atoms with Crippen molar-refractivity contribution in [3.05, 3.63) is 12.3 Å².